The van der Waals surface area contributed by atoms with Crippen molar-refractivity contribution < 1.29 is 4.79 Å². The SMILES string of the molecule is NC(=O)CCN(c1ccccc1)C1CC1. The Morgan fingerprint density at radius 1 is 1.33 bits per heavy atom. The Bertz CT molecular complexity index is 333. The Kier molecular flexibility index (Phi) is 2.90. The number of carbonyl (C=O) groups excluding carboxylic acids is 1. The summed E-state index contributed by atoms with van der Waals surface area (Å²) in [4.78, 5) is 13.1. The number of amides is 1. The Morgan fingerprint density at radius 2 is 2.00 bits per heavy atom. The van der Waals surface area contributed by atoms with Crippen LogP contribution >= 0.6 is 0 Å². The molecule has 0 unspecified atom stereocenters. The highest BCUT2D eigenvalue weighted by Gasteiger charge is 2.28. The summed E-state index contributed by atoms with van der Waals surface area (Å²) in [5, 5.41) is 0. The predicted octanol–water partition coefficient (Wildman–Crippen LogP) is 1.53. The van der Waals surface area contributed by atoms with Gasteiger partial charge in [0.25, 0.3) is 0 Å². The molecule has 1 aliphatic rings. The van der Waals surface area contributed by atoms with E-state index in [0.717, 1.165) is 6.54 Å². The van der Waals surface area contributed by atoms with Crippen molar-refractivity contribution in [1.82, 2.24) is 0 Å². The largest absolute Gasteiger partial charge is 0.370 e. The molecular weight excluding hydrogens is 188 g/mol. The topological polar surface area (TPSA) is 46.3 Å². The fourth-order valence-corrected chi connectivity index (χ4v) is 1.76. The summed E-state index contributed by atoms with van der Waals surface area (Å²) in [5.41, 5.74) is 6.37. The van der Waals surface area contributed by atoms with Crippen LogP contribution in [0.2, 0.25) is 0 Å². The molecule has 0 heterocycles. The fourth-order valence-electron chi connectivity index (χ4n) is 1.76. The molecule has 1 aliphatic carbocycles. The van der Waals surface area contributed by atoms with Gasteiger partial charge in [-0.1, -0.05) is 18.2 Å². The van der Waals surface area contributed by atoms with E-state index in [4.69, 9.17) is 5.73 Å². The lowest BCUT2D eigenvalue weighted by Gasteiger charge is -2.23. The van der Waals surface area contributed by atoms with Crippen LogP contribution in [0.3, 0.4) is 0 Å². The first kappa shape index (κ1) is 10.0. The molecule has 1 aromatic carbocycles. The standard InChI is InChI=1S/C12H16N2O/c13-12(15)8-9-14(11-6-7-11)10-4-2-1-3-5-10/h1-5,11H,6-9H2,(H2,13,15). The Labute approximate surface area is 89.9 Å². The second-order valence-electron chi connectivity index (χ2n) is 3.98. The van der Waals surface area contributed by atoms with Crippen LogP contribution < -0.4 is 10.6 Å². The Balaban J connectivity index is 2.03. The van der Waals surface area contributed by atoms with Crippen molar-refractivity contribution in [2.24, 2.45) is 5.73 Å². The first-order valence-electron chi connectivity index (χ1n) is 5.37. The molecule has 15 heavy (non-hydrogen) atoms. The molecule has 0 saturated heterocycles. The lowest BCUT2D eigenvalue weighted by Crippen LogP contribution is -2.29. The Hall–Kier alpha value is -1.51. The number of primary amides is 1. The van der Waals surface area contributed by atoms with Crippen LogP contribution in [-0.4, -0.2) is 18.5 Å². The molecular formula is C12H16N2O. The molecule has 80 valence electrons. The normalized spacial score (nSPS) is 14.9. The zero-order valence-electron chi connectivity index (χ0n) is 8.73. The van der Waals surface area contributed by atoms with E-state index < -0.39 is 0 Å². The van der Waals surface area contributed by atoms with E-state index in [1.807, 2.05) is 18.2 Å². The van der Waals surface area contributed by atoms with Gasteiger partial charge in [-0.25, -0.2) is 0 Å². The van der Waals surface area contributed by atoms with Gasteiger partial charge in [0, 0.05) is 24.7 Å². The predicted molar refractivity (Wildman–Crippen MR) is 60.6 cm³/mol. The number of hydrogen-bond acceptors (Lipinski definition) is 2. The van der Waals surface area contributed by atoms with Crippen LogP contribution in [0.5, 0.6) is 0 Å². The van der Waals surface area contributed by atoms with Crippen molar-refractivity contribution in [2.45, 2.75) is 25.3 Å². The Morgan fingerprint density at radius 3 is 2.53 bits per heavy atom. The second-order valence-corrected chi connectivity index (χ2v) is 3.98. The number of hydrogen-bond donors (Lipinski definition) is 1. The van der Waals surface area contributed by atoms with Crippen molar-refractivity contribution in [3.63, 3.8) is 0 Å². The molecule has 2 N–H and O–H groups in total. The van der Waals surface area contributed by atoms with Gasteiger partial charge in [0.15, 0.2) is 0 Å². The number of nitrogens with zero attached hydrogens (tertiary/aromatic N) is 1. The lowest BCUT2D eigenvalue weighted by molar-refractivity contribution is -0.117. The number of benzene rings is 1. The molecule has 0 atom stereocenters. The minimum Gasteiger partial charge on any atom is -0.370 e. The molecule has 3 nitrogen and oxygen atoms in total. The van der Waals surface area contributed by atoms with Crippen molar-refractivity contribution in [2.75, 3.05) is 11.4 Å². The van der Waals surface area contributed by atoms with Gasteiger partial charge in [-0.15, -0.1) is 0 Å². The van der Waals surface area contributed by atoms with E-state index in [1.165, 1.54) is 18.5 Å². The summed E-state index contributed by atoms with van der Waals surface area (Å²) in [6.07, 6.45) is 2.90. The highest BCUT2D eigenvalue weighted by Crippen LogP contribution is 2.31. The minimum atomic E-state index is -0.225. The molecule has 0 aromatic heterocycles. The summed E-state index contributed by atoms with van der Waals surface area (Å²) >= 11 is 0. The van der Waals surface area contributed by atoms with Gasteiger partial charge in [0.2, 0.25) is 5.91 Å². The number of nitrogens with two attached hydrogens (primary N) is 1. The van der Waals surface area contributed by atoms with Gasteiger partial charge < -0.3 is 10.6 Å². The molecule has 0 spiro atoms. The number of para-hydroxylation sites is 1. The summed E-state index contributed by atoms with van der Waals surface area (Å²) in [6, 6.07) is 10.8. The third-order valence-corrected chi connectivity index (χ3v) is 2.67. The maximum absolute atomic E-state index is 10.8. The molecule has 0 bridgehead atoms. The first-order chi connectivity index (χ1) is 7.27. The first-order valence-corrected chi connectivity index (χ1v) is 5.37. The summed E-state index contributed by atoms with van der Waals surface area (Å²) in [7, 11) is 0. The summed E-state index contributed by atoms with van der Waals surface area (Å²) in [6.45, 7) is 0.740. The van der Waals surface area contributed by atoms with Crippen LogP contribution in [0.15, 0.2) is 30.3 Å². The molecule has 3 heteroatoms. The monoisotopic (exact) mass is 204 g/mol. The average Bonchev–Trinajstić information content (AvgIpc) is 3.03. The minimum absolute atomic E-state index is 0.225. The zero-order valence-corrected chi connectivity index (χ0v) is 8.73. The molecule has 0 aliphatic heterocycles. The highest BCUT2D eigenvalue weighted by molar-refractivity contribution is 5.74. The van der Waals surface area contributed by atoms with Crippen LogP contribution in [0.4, 0.5) is 5.69 Å². The van der Waals surface area contributed by atoms with Crippen molar-refractivity contribution >= 4 is 11.6 Å². The highest BCUT2D eigenvalue weighted by atomic mass is 16.1. The maximum Gasteiger partial charge on any atom is 0.219 e. The molecule has 1 amide bonds. The van der Waals surface area contributed by atoms with Crippen LogP contribution in [0.25, 0.3) is 0 Å². The van der Waals surface area contributed by atoms with Crippen molar-refractivity contribution in [1.29, 1.82) is 0 Å². The van der Waals surface area contributed by atoms with Gasteiger partial charge in [0.1, 0.15) is 0 Å². The third kappa shape index (κ3) is 2.72. The zero-order chi connectivity index (χ0) is 10.7. The van der Waals surface area contributed by atoms with E-state index in [-0.39, 0.29) is 5.91 Å². The smallest absolute Gasteiger partial charge is 0.219 e. The van der Waals surface area contributed by atoms with E-state index in [9.17, 15) is 4.79 Å². The summed E-state index contributed by atoms with van der Waals surface area (Å²) < 4.78 is 0. The molecule has 2 rings (SSSR count). The van der Waals surface area contributed by atoms with Crippen molar-refractivity contribution in [3.05, 3.63) is 30.3 Å². The molecule has 0 radical (unpaired) electrons. The average molecular weight is 204 g/mol. The fraction of sp³-hybridized carbons (Fsp3) is 0.417. The van der Waals surface area contributed by atoms with E-state index in [2.05, 4.69) is 17.0 Å². The van der Waals surface area contributed by atoms with Gasteiger partial charge in [-0.05, 0) is 25.0 Å². The third-order valence-electron chi connectivity index (χ3n) is 2.67. The van der Waals surface area contributed by atoms with Crippen LogP contribution in [-0.2, 0) is 4.79 Å². The van der Waals surface area contributed by atoms with Gasteiger partial charge in [-0.2, -0.15) is 0 Å². The second kappa shape index (κ2) is 4.34. The number of rotatable bonds is 5. The molecule has 1 fully saturated rings. The van der Waals surface area contributed by atoms with Crippen LogP contribution in [0.1, 0.15) is 19.3 Å². The van der Waals surface area contributed by atoms with Gasteiger partial charge in [-0.3, -0.25) is 4.79 Å². The molecule has 1 aromatic rings. The number of anilines is 1. The van der Waals surface area contributed by atoms with Gasteiger partial charge in [0.05, 0.1) is 0 Å². The maximum atomic E-state index is 10.8. The van der Waals surface area contributed by atoms with E-state index in [0.29, 0.717) is 12.5 Å². The van der Waals surface area contributed by atoms with E-state index in [1.54, 1.807) is 0 Å². The summed E-state index contributed by atoms with van der Waals surface area (Å²) in [5.74, 6) is -0.225. The van der Waals surface area contributed by atoms with E-state index >= 15 is 0 Å². The van der Waals surface area contributed by atoms with Crippen LogP contribution in [0, 0.1) is 0 Å². The lowest BCUT2D eigenvalue weighted by atomic mass is 10.2. The van der Waals surface area contributed by atoms with Gasteiger partial charge >= 0.3 is 0 Å². The molecule has 1 saturated carbocycles. The van der Waals surface area contributed by atoms with Crippen molar-refractivity contribution in [3.8, 4) is 0 Å². The quantitative estimate of drug-likeness (QED) is 0.790. The number of carbonyl (C=O) groups is 1.